The van der Waals surface area contributed by atoms with Gasteiger partial charge in [-0.05, 0) is 54.5 Å². The smallest absolute Gasteiger partial charge is 0.231 e. The Morgan fingerprint density at radius 2 is 2.10 bits per heavy atom. The van der Waals surface area contributed by atoms with Gasteiger partial charge in [0.25, 0.3) is 0 Å². The van der Waals surface area contributed by atoms with Crippen LogP contribution >= 0.6 is 12.2 Å². The number of thiocarbonyl (C=S) groups is 1. The van der Waals surface area contributed by atoms with E-state index in [2.05, 4.69) is 15.6 Å². The lowest BCUT2D eigenvalue weighted by Crippen LogP contribution is -2.28. The number of aromatic nitrogens is 1. The summed E-state index contributed by atoms with van der Waals surface area (Å²) in [5.41, 5.74) is 2.20. The fourth-order valence-electron chi connectivity index (χ4n) is 2.00. The maximum absolute atomic E-state index is 5.35. The van der Waals surface area contributed by atoms with Gasteiger partial charge in [0.1, 0.15) is 5.82 Å². The topological polar surface area (TPSA) is 55.4 Å². The van der Waals surface area contributed by atoms with Crippen molar-refractivity contribution in [2.24, 2.45) is 0 Å². The monoisotopic (exact) mass is 301 g/mol. The normalized spacial score (nSPS) is 12.0. The van der Waals surface area contributed by atoms with Crippen LogP contribution in [0.1, 0.15) is 11.1 Å². The zero-order chi connectivity index (χ0) is 14.7. The van der Waals surface area contributed by atoms with Crippen molar-refractivity contribution in [2.45, 2.75) is 13.5 Å². The van der Waals surface area contributed by atoms with Crippen LogP contribution < -0.4 is 20.1 Å². The van der Waals surface area contributed by atoms with E-state index in [0.29, 0.717) is 11.7 Å². The van der Waals surface area contributed by atoms with Crippen molar-refractivity contribution in [3.05, 3.63) is 47.7 Å². The van der Waals surface area contributed by atoms with Crippen LogP contribution in [-0.2, 0) is 6.54 Å². The molecule has 2 aromatic rings. The summed E-state index contributed by atoms with van der Waals surface area (Å²) in [5, 5.41) is 6.73. The highest BCUT2D eigenvalue weighted by atomic mass is 32.1. The number of nitrogens with one attached hydrogen (secondary N) is 2. The van der Waals surface area contributed by atoms with E-state index in [9.17, 15) is 0 Å². The van der Waals surface area contributed by atoms with E-state index in [0.717, 1.165) is 28.4 Å². The van der Waals surface area contributed by atoms with Crippen LogP contribution in [-0.4, -0.2) is 16.9 Å². The summed E-state index contributed by atoms with van der Waals surface area (Å²) in [4.78, 5) is 4.21. The van der Waals surface area contributed by atoms with Gasteiger partial charge in [-0.15, -0.1) is 0 Å². The molecular weight excluding hydrogens is 286 g/mol. The third-order valence-electron chi connectivity index (χ3n) is 3.05. The Bertz CT molecular complexity index is 676. The molecule has 0 saturated heterocycles. The molecule has 0 amide bonds. The van der Waals surface area contributed by atoms with E-state index >= 15 is 0 Å². The van der Waals surface area contributed by atoms with Gasteiger partial charge in [0, 0.05) is 12.7 Å². The summed E-state index contributed by atoms with van der Waals surface area (Å²) in [5.74, 6) is 2.29. The van der Waals surface area contributed by atoms with Crippen molar-refractivity contribution < 1.29 is 9.47 Å². The number of hydrogen-bond acceptors (Lipinski definition) is 4. The first-order valence-corrected chi connectivity index (χ1v) is 6.97. The average Bonchev–Trinajstić information content (AvgIpc) is 2.92. The van der Waals surface area contributed by atoms with Crippen LogP contribution in [0.4, 0.5) is 5.82 Å². The average molecular weight is 301 g/mol. The molecule has 1 aliphatic rings. The number of rotatable bonds is 3. The number of anilines is 1. The van der Waals surface area contributed by atoms with Crippen molar-refractivity contribution in [1.29, 1.82) is 0 Å². The minimum absolute atomic E-state index is 0.283. The first kappa shape index (κ1) is 13.6. The zero-order valence-corrected chi connectivity index (χ0v) is 12.4. The Labute approximate surface area is 128 Å². The van der Waals surface area contributed by atoms with Crippen LogP contribution in [0.25, 0.3) is 0 Å². The third kappa shape index (κ3) is 3.41. The predicted molar refractivity (Wildman–Crippen MR) is 84.6 cm³/mol. The highest BCUT2D eigenvalue weighted by molar-refractivity contribution is 7.80. The maximum atomic E-state index is 5.35. The number of benzene rings is 1. The molecule has 21 heavy (non-hydrogen) atoms. The molecule has 0 radical (unpaired) electrons. The molecule has 5 nitrogen and oxygen atoms in total. The molecule has 0 bridgehead atoms. The van der Waals surface area contributed by atoms with Crippen molar-refractivity contribution in [3.8, 4) is 11.5 Å². The molecule has 0 fully saturated rings. The van der Waals surface area contributed by atoms with E-state index in [4.69, 9.17) is 21.7 Å². The van der Waals surface area contributed by atoms with E-state index in [1.165, 1.54) is 0 Å². The van der Waals surface area contributed by atoms with Crippen molar-refractivity contribution in [2.75, 3.05) is 12.1 Å². The van der Waals surface area contributed by atoms with Crippen LogP contribution in [0, 0.1) is 6.92 Å². The summed E-state index contributed by atoms with van der Waals surface area (Å²) in [6, 6.07) is 9.71. The second-order valence-electron chi connectivity index (χ2n) is 4.71. The van der Waals surface area contributed by atoms with Crippen molar-refractivity contribution in [3.63, 3.8) is 0 Å². The van der Waals surface area contributed by atoms with Gasteiger partial charge in [-0.1, -0.05) is 6.07 Å². The minimum atomic E-state index is 0.283. The molecule has 108 valence electrons. The Balaban J connectivity index is 1.56. The van der Waals surface area contributed by atoms with E-state index in [-0.39, 0.29) is 6.79 Å². The second kappa shape index (κ2) is 5.97. The predicted octanol–water partition coefficient (Wildman–Crippen LogP) is 2.61. The molecule has 2 N–H and O–H groups in total. The van der Waals surface area contributed by atoms with Gasteiger partial charge in [0.05, 0.1) is 0 Å². The number of fused-ring (bicyclic) bond motifs is 1. The van der Waals surface area contributed by atoms with E-state index in [1.807, 2.05) is 37.3 Å². The third-order valence-corrected chi connectivity index (χ3v) is 3.29. The summed E-state index contributed by atoms with van der Waals surface area (Å²) in [7, 11) is 0. The molecule has 2 heterocycles. The molecule has 3 rings (SSSR count). The summed E-state index contributed by atoms with van der Waals surface area (Å²) >= 11 is 5.26. The number of nitrogens with zero attached hydrogens (tertiary/aromatic N) is 1. The molecule has 0 spiro atoms. The summed E-state index contributed by atoms with van der Waals surface area (Å²) < 4.78 is 10.6. The molecule has 0 saturated carbocycles. The largest absolute Gasteiger partial charge is 0.454 e. The molecule has 1 aromatic heterocycles. The number of ether oxygens (including phenoxy) is 2. The number of aryl methyl sites for hydroxylation is 1. The first-order valence-electron chi connectivity index (χ1n) is 6.57. The van der Waals surface area contributed by atoms with E-state index in [1.54, 1.807) is 6.20 Å². The van der Waals surface area contributed by atoms with Gasteiger partial charge >= 0.3 is 0 Å². The van der Waals surface area contributed by atoms with Crippen LogP contribution in [0.3, 0.4) is 0 Å². The molecule has 6 heteroatoms. The highest BCUT2D eigenvalue weighted by Crippen LogP contribution is 2.32. The Kier molecular flexibility index (Phi) is 3.87. The zero-order valence-electron chi connectivity index (χ0n) is 11.6. The molecule has 0 aliphatic carbocycles. The second-order valence-corrected chi connectivity index (χ2v) is 5.12. The van der Waals surface area contributed by atoms with Crippen LogP contribution in [0.5, 0.6) is 11.5 Å². The molecule has 0 atom stereocenters. The fourth-order valence-corrected chi connectivity index (χ4v) is 2.18. The molecular formula is C15H15N3O2S. The highest BCUT2D eigenvalue weighted by Gasteiger charge is 2.13. The lowest BCUT2D eigenvalue weighted by Gasteiger charge is -2.10. The quantitative estimate of drug-likeness (QED) is 0.850. The van der Waals surface area contributed by atoms with Gasteiger partial charge in [-0.25, -0.2) is 4.98 Å². The number of pyridine rings is 1. The maximum Gasteiger partial charge on any atom is 0.231 e. The van der Waals surface area contributed by atoms with Gasteiger partial charge in [-0.2, -0.15) is 0 Å². The summed E-state index contributed by atoms with van der Waals surface area (Å²) in [6.07, 6.45) is 1.75. The number of hydrogen-bond donors (Lipinski definition) is 2. The Morgan fingerprint density at radius 1 is 1.24 bits per heavy atom. The lowest BCUT2D eigenvalue weighted by atomic mass is 10.2. The van der Waals surface area contributed by atoms with Gasteiger partial charge in [0.15, 0.2) is 16.6 Å². The summed E-state index contributed by atoms with van der Waals surface area (Å²) in [6.45, 7) is 2.90. The van der Waals surface area contributed by atoms with Crippen LogP contribution in [0.15, 0.2) is 36.5 Å². The Morgan fingerprint density at radius 3 is 2.95 bits per heavy atom. The minimum Gasteiger partial charge on any atom is -0.454 e. The standard InChI is InChI=1S/C15H15N3O2S/c1-10-4-5-16-14(6-10)18-15(21)17-8-11-2-3-12-13(7-11)20-9-19-12/h2-7H,8-9H2,1H3,(H2,16,17,18,21). The molecule has 1 aliphatic heterocycles. The first-order chi connectivity index (χ1) is 10.2. The van der Waals surface area contributed by atoms with E-state index < -0.39 is 0 Å². The molecule has 0 unspecified atom stereocenters. The SMILES string of the molecule is Cc1ccnc(NC(=S)NCc2ccc3c(c2)OCO3)c1. The van der Waals surface area contributed by atoms with Gasteiger partial charge < -0.3 is 20.1 Å². The molecule has 1 aromatic carbocycles. The fraction of sp³-hybridized carbons (Fsp3) is 0.200. The van der Waals surface area contributed by atoms with Gasteiger partial charge in [0.2, 0.25) is 6.79 Å². The van der Waals surface area contributed by atoms with Crippen LogP contribution in [0.2, 0.25) is 0 Å². The van der Waals surface area contributed by atoms with Crippen molar-refractivity contribution in [1.82, 2.24) is 10.3 Å². The van der Waals surface area contributed by atoms with Gasteiger partial charge in [-0.3, -0.25) is 0 Å². The lowest BCUT2D eigenvalue weighted by molar-refractivity contribution is 0.174. The van der Waals surface area contributed by atoms with Crippen molar-refractivity contribution >= 4 is 23.1 Å². The Hall–Kier alpha value is -2.34.